The summed E-state index contributed by atoms with van der Waals surface area (Å²) in [7, 11) is 0. The Morgan fingerprint density at radius 2 is 1.69 bits per heavy atom. The zero-order chi connectivity index (χ0) is 25.9. The zero-order valence-corrected chi connectivity index (χ0v) is 20.5. The second-order valence-corrected chi connectivity index (χ2v) is 8.65. The number of aryl methyl sites for hydroxylation is 1. The zero-order valence-electron chi connectivity index (χ0n) is 19.7. The van der Waals surface area contributed by atoms with Crippen molar-refractivity contribution in [2.45, 2.75) is 26.4 Å². The van der Waals surface area contributed by atoms with E-state index in [4.69, 9.17) is 26.3 Å². The first-order chi connectivity index (χ1) is 17.2. The van der Waals surface area contributed by atoms with Gasteiger partial charge in [0.2, 0.25) is 0 Å². The highest BCUT2D eigenvalue weighted by Crippen LogP contribution is 2.36. The van der Waals surface area contributed by atoms with Crippen LogP contribution in [-0.4, -0.2) is 42.3 Å². The summed E-state index contributed by atoms with van der Waals surface area (Å²) in [5.74, 6) is 1.47. The number of nitrogens with zero attached hydrogens (tertiary/aromatic N) is 3. The average Bonchev–Trinajstić information content (AvgIpc) is 2.85. The van der Waals surface area contributed by atoms with Crippen molar-refractivity contribution >= 4 is 34.8 Å². The monoisotopic (exact) mass is 519 g/mol. The number of anilines is 3. The van der Waals surface area contributed by atoms with Crippen LogP contribution in [-0.2, 0) is 17.3 Å². The lowest BCUT2D eigenvalue weighted by Gasteiger charge is -2.29. The van der Waals surface area contributed by atoms with Crippen LogP contribution in [0.5, 0.6) is 0 Å². The first kappa shape index (κ1) is 25.7. The maximum Gasteiger partial charge on any atom is 0.417 e. The number of alkyl halides is 3. The van der Waals surface area contributed by atoms with Crippen molar-refractivity contribution in [3.05, 3.63) is 64.3 Å². The van der Waals surface area contributed by atoms with Gasteiger partial charge in [-0.2, -0.15) is 13.2 Å². The van der Waals surface area contributed by atoms with Crippen molar-refractivity contribution in [1.82, 2.24) is 9.97 Å². The number of carbonyl (C=O) groups excluding carboxylic acids is 1. The summed E-state index contributed by atoms with van der Waals surface area (Å²) in [4.78, 5) is 24.1. The van der Waals surface area contributed by atoms with Crippen LogP contribution in [0.3, 0.4) is 0 Å². The van der Waals surface area contributed by atoms with Gasteiger partial charge in [-0.15, -0.1) is 0 Å². The number of benzene rings is 2. The van der Waals surface area contributed by atoms with Crippen molar-refractivity contribution in [3.63, 3.8) is 0 Å². The van der Waals surface area contributed by atoms with Crippen LogP contribution in [0.4, 0.5) is 35.2 Å². The van der Waals surface area contributed by atoms with E-state index in [1.807, 2.05) is 13.8 Å². The molecule has 1 aliphatic rings. The molecule has 0 radical (unpaired) electrons. The Hall–Kier alpha value is -3.37. The molecule has 1 aliphatic heterocycles. The highest BCUT2D eigenvalue weighted by atomic mass is 35.5. The van der Waals surface area contributed by atoms with Crippen molar-refractivity contribution in [2.24, 2.45) is 0 Å². The number of halogens is 4. The standard InChI is InChI=1S/C25H25ClF3N5O2/c1-3-21-15(2)23(34-10-12-36-13-11-34)33-22(32-21)16-4-6-17(7-5-16)30-24(35)31-18-8-9-20(26)19(14-18)25(27,28)29/h4-9,14H,3,10-13H2,1-2H3,(H2,30,31,35). The topological polar surface area (TPSA) is 79.4 Å². The number of urea groups is 1. The molecule has 0 saturated carbocycles. The number of aromatic nitrogens is 2. The van der Waals surface area contributed by atoms with E-state index >= 15 is 0 Å². The van der Waals surface area contributed by atoms with Gasteiger partial charge >= 0.3 is 12.2 Å². The van der Waals surface area contributed by atoms with E-state index in [0.717, 1.165) is 54.3 Å². The van der Waals surface area contributed by atoms with Gasteiger partial charge in [0.25, 0.3) is 0 Å². The molecule has 2 aromatic carbocycles. The lowest BCUT2D eigenvalue weighted by atomic mass is 10.1. The molecule has 11 heteroatoms. The van der Waals surface area contributed by atoms with Gasteiger partial charge in [-0.1, -0.05) is 18.5 Å². The van der Waals surface area contributed by atoms with Crippen LogP contribution in [0.15, 0.2) is 42.5 Å². The van der Waals surface area contributed by atoms with E-state index in [1.165, 1.54) is 6.07 Å². The maximum atomic E-state index is 13.1. The summed E-state index contributed by atoms with van der Waals surface area (Å²) in [5, 5.41) is 4.56. The van der Waals surface area contributed by atoms with Gasteiger partial charge in [0.1, 0.15) is 5.82 Å². The van der Waals surface area contributed by atoms with Gasteiger partial charge in [0, 0.05) is 41.3 Å². The quantitative estimate of drug-likeness (QED) is 0.421. The number of amides is 2. The smallest absolute Gasteiger partial charge is 0.378 e. The summed E-state index contributed by atoms with van der Waals surface area (Å²) in [6.07, 6.45) is -3.86. The van der Waals surface area contributed by atoms with Gasteiger partial charge in [0.05, 0.1) is 23.8 Å². The molecule has 0 unspecified atom stereocenters. The Balaban J connectivity index is 1.49. The molecule has 1 saturated heterocycles. The molecule has 190 valence electrons. The van der Waals surface area contributed by atoms with Crippen molar-refractivity contribution < 1.29 is 22.7 Å². The van der Waals surface area contributed by atoms with Crippen molar-refractivity contribution in [2.75, 3.05) is 41.8 Å². The molecule has 4 rings (SSSR count). The Bertz CT molecular complexity index is 1250. The van der Waals surface area contributed by atoms with Crippen LogP contribution >= 0.6 is 11.6 Å². The summed E-state index contributed by atoms with van der Waals surface area (Å²) in [6.45, 7) is 6.89. The average molecular weight is 520 g/mol. The lowest BCUT2D eigenvalue weighted by Crippen LogP contribution is -2.37. The summed E-state index contributed by atoms with van der Waals surface area (Å²) in [6, 6.07) is 9.42. The molecular weight excluding hydrogens is 495 g/mol. The Morgan fingerprint density at radius 3 is 2.33 bits per heavy atom. The van der Waals surface area contributed by atoms with Crippen molar-refractivity contribution in [3.8, 4) is 11.4 Å². The normalized spacial score (nSPS) is 14.0. The fourth-order valence-corrected chi connectivity index (χ4v) is 4.15. The fourth-order valence-electron chi connectivity index (χ4n) is 3.92. The van der Waals surface area contributed by atoms with E-state index in [9.17, 15) is 18.0 Å². The molecule has 3 aromatic rings. The highest BCUT2D eigenvalue weighted by molar-refractivity contribution is 6.31. The summed E-state index contributed by atoms with van der Waals surface area (Å²) < 4.78 is 44.6. The molecule has 1 aromatic heterocycles. The highest BCUT2D eigenvalue weighted by Gasteiger charge is 2.33. The fraction of sp³-hybridized carbons (Fsp3) is 0.320. The molecule has 1 fully saturated rings. The van der Waals surface area contributed by atoms with E-state index in [-0.39, 0.29) is 5.69 Å². The Kier molecular flexibility index (Phi) is 7.65. The largest absolute Gasteiger partial charge is 0.417 e. The van der Waals surface area contributed by atoms with Gasteiger partial charge in [-0.05, 0) is 55.8 Å². The molecule has 0 spiro atoms. The van der Waals surface area contributed by atoms with Gasteiger partial charge in [-0.3, -0.25) is 0 Å². The maximum absolute atomic E-state index is 13.1. The van der Waals surface area contributed by atoms with E-state index in [1.54, 1.807) is 24.3 Å². The molecule has 0 bridgehead atoms. The molecule has 0 atom stereocenters. The number of morpholine rings is 1. The predicted octanol–water partition coefficient (Wildman–Crippen LogP) is 6.17. The molecule has 2 N–H and O–H groups in total. The van der Waals surface area contributed by atoms with Crippen LogP contribution in [0.2, 0.25) is 5.02 Å². The minimum absolute atomic E-state index is 0.0309. The first-order valence-electron chi connectivity index (χ1n) is 11.4. The minimum Gasteiger partial charge on any atom is -0.378 e. The first-order valence-corrected chi connectivity index (χ1v) is 11.8. The number of carbonyl (C=O) groups is 1. The number of nitrogens with one attached hydrogen (secondary N) is 2. The second-order valence-electron chi connectivity index (χ2n) is 8.24. The second kappa shape index (κ2) is 10.7. The van der Waals surface area contributed by atoms with Gasteiger partial charge in [-0.25, -0.2) is 14.8 Å². The molecule has 36 heavy (non-hydrogen) atoms. The van der Waals surface area contributed by atoms with Crippen LogP contribution in [0.1, 0.15) is 23.7 Å². The van der Waals surface area contributed by atoms with Crippen LogP contribution in [0, 0.1) is 6.92 Å². The molecule has 2 heterocycles. The molecular formula is C25H25ClF3N5O2. The Labute approximate surface area is 211 Å². The number of hydrogen-bond acceptors (Lipinski definition) is 5. The SMILES string of the molecule is CCc1nc(-c2ccc(NC(=O)Nc3ccc(Cl)c(C(F)(F)F)c3)cc2)nc(N2CCOCC2)c1C. The summed E-state index contributed by atoms with van der Waals surface area (Å²) >= 11 is 5.63. The molecule has 2 amide bonds. The third kappa shape index (κ3) is 5.88. The third-order valence-corrected chi connectivity index (χ3v) is 6.13. The van der Waals surface area contributed by atoms with Crippen LogP contribution < -0.4 is 15.5 Å². The lowest BCUT2D eigenvalue weighted by molar-refractivity contribution is -0.137. The Morgan fingerprint density at radius 1 is 1.06 bits per heavy atom. The number of rotatable bonds is 5. The summed E-state index contributed by atoms with van der Waals surface area (Å²) in [5.41, 5.74) is 2.19. The molecule has 7 nitrogen and oxygen atoms in total. The van der Waals surface area contributed by atoms with E-state index in [2.05, 4.69) is 15.5 Å². The van der Waals surface area contributed by atoms with E-state index in [0.29, 0.717) is 24.7 Å². The predicted molar refractivity (Wildman–Crippen MR) is 134 cm³/mol. The van der Waals surface area contributed by atoms with Gasteiger partial charge in [0.15, 0.2) is 5.82 Å². The van der Waals surface area contributed by atoms with E-state index < -0.39 is 22.8 Å². The number of hydrogen-bond donors (Lipinski definition) is 2. The molecule has 0 aliphatic carbocycles. The van der Waals surface area contributed by atoms with Crippen molar-refractivity contribution in [1.29, 1.82) is 0 Å². The third-order valence-electron chi connectivity index (χ3n) is 5.80. The minimum atomic E-state index is -4.63. The van der Waals surface area contributed by atoms with Gasteiger partial charge < -0.3 is 20.3 Å². The van der Waals surface area contributed by atoms with Crippen LogP contribution in [0.25, 0.3) is 11.4 Å². The number of ether oxygens (including phenoxy) is 1.